The van der Waals surface area contributed by atoms with Crippen molar-refractivity contribution in [2.75, 3.05) is 0 Å². The number of fused-ring (bicyclic) bond motifs is 1. The normalized spacial score (nSPS) is 10.5. The van der Waals surface area contributed by atoms with Gasteiger partial charge in [0.25, 0.3) is 0 Å². The Hall–Kier alpha value is -3.01. The Balaban J connectivity index is 1.87. The standard InChI is InChI=1S/C17H13NO3/c18-17(20)11-2-6-15(7-3-11)21-16-8-4-12-9-14(19)5-1-13(12)10-16/h1-10,19H,(H2,18,20). The number of carbonyl (C=O) groups excluding carboxylic acids is 1. The molecule has 3 aromatic carbocycles. The summed E-state index contributed by atoms with van der Waals surface area (Å²) in [7, 11) is 0. The van der Waals surface area contributed by atoms with Crippen LogP contribution in [-0.4, -0.2) is 11.0 Å². The van der Waals surface area contributed by atoms with Crippen LogP contribution >= 0.6 is 0 Å². The molecule has 0 heterocycles. The lowest BCUT2D eigenvalue weighted by Crippen LogP contribution is -2.10. The molecule has 0 aromatic heterocycles. The van der Waals surface area contributed by atoms with Gasteiger partial charge in [0, 0.05) is 5.56 Å². The predicted molar refractivity (Wildman–Crippen MR) is 80.6 cm³/mol. The lowest BCUT2D eigenvalue weighted by atomic mass is 10.1. The number of aromatic hydroxyl groups is 1. The molecule has 0 saturated carbocycles. The molecule has 3 aromatic rings. The molecule has 21 heavy (non-hydrogen) atoms. The van der Waals surface area contributed by atoms with Crippen molar-refractivity contribution in [1.29, 1.82) is 0 Å². The Kier molecular flexibility index (Phi) is 3.20. The summed E-state index contributed by atoms with van der Waals surface area (Å²) in [6, 6.07) is 17.4. The lowest BCUT2D eigenvalue weighted by molar-refractivity contribution is 0.100. The number of rotatable bonds is 3. The van der Waals surface area contributed by atoms with Crippen LogP contribution in [0, 0.1) is 0 Å². The molecule has 0 aliphatic carbocycles. The molecule has 0 fully saturated rings. The van der Waals surface area contributed by atoms with Gasteiger partial charge in [0.15, 0.2) is 0 Å². The Morgan fingerprint density at radius 3 is 2.19 bits per heavy atom. The quantitative estimate of drug-likeness (QED) is 0.771. The fraction of sp³-hybridized carbons (Fsp3) is 0. The molecule has 0 bridgehead atoms. The second kappa shape index (κ2) is 5.17. The van der Waals surface area contributed by atoms with Crippen molar-refractivity contribution in [3.05, 3.63) is 66.2 Å². The first kappa shape index (κ1) is 13.0. The number of phenols is 1. The average Bonchev–Trinajstić information content (AvgIpc) is 2.48. The summed E-state index contributed by atoms with van der Waals surface area (Å²) in [4.78, 5) is 11.0. The van der Waals surface area contributed by atoms with Gasteiger partial charge in [-0.1, -0.05) is 12.1 Å². The van der Waals surface area contributed by atoms with Crippen LogP contribution in [0.3, 0.4) is 0 Å². The minimum absolute atomic E-state index is 0.234. The second-order valence-electron chi connectivity index (χ2n) is 4.68. The Morgan fingerprint density at radius 2 is 1.48 bits per heavy atom. The molecule has 104 valence electrons. The summed E-state index contributed by atoms with van der Waals surface area (Å²) in [5.41, 5.74) is 5.63. The van der Waals surface area contributed by atoms with Crippen LogP contribution in [0.2, 0.25) is 0 Å². The molecule has 0 atom stereocenters. The van der Waals surface area contributed by atoms with Crippen molar-refractivity contribution < 1.29 is 14.6 Å². The zero-order valence-corrected chi connectivity index (χ0v) is 11.1. The number of phenolic OH excluding ortho intramolecular Hbond substituents is 1. The molecule has 1 amide bonds. The van der Waals surface area contributed by atoms with Crippen LogP contribution < -0.4 is 10.5 Å². The number of hydrogen-bond donors (Lipinski definition) is 2. The number of hydrogen-bond acceptors (Lipinski definition) is 3. The third-order valence-corrected chi connectivity index (χ3v) is 3.17. The molecule has 0 aliphatic heterocycles. The van der Waals surface area contributed by atoms with E-state index in [1.165, 1.54) is 0 Å². The molecule has 4 nitrogen and oxygen atoms in total. The number of carbonyl (C=O) groups is 1. The molecule has 3 rings (SSSR count). The highest BCUT2D eigenvalue weighted by atomic mass is 16.5. The topological polar surface area (TPSA) is 72.6 Å². The predicted octanol–water partition coefficient (Wildman–Crippen LogP) is 3.44. The van der Waals surface area contributed by atoms with Crippen molar-refractivity contribution >= 4 is 16.7 Å². The van der Waals surface area contributed by atoms with Crippen LogP contribution in [-0.2, 0) is 0 Å². The maximum Gasteiger partial charge on any atom is 0.248 e. The van der Waals surface area contributed by atoms with E-state index < -0.39 is 5.91 Å². The van der Waals surface area contributed by atoms with E-state index in [9.17, 15) is 9.90 Å². The molecular weight excluding hydrogens is 266 g/mol. The molecule has 3 N–H and O–H groups in total. The van der Waals surface area contributed by atoms with Gasteiger partial charge in [0.05, 0.1) is 0 Å². The zero-order chi connectivity index (χ0) is 14.8. The van der Waals surface area contributed by atoms with Gasteiger partial charge in [-0.05, 0) is 59.3 Å². The van der Waals surface area contributed by atoms with Crippen LogP contribution in [0.5, 0.6) is 17.2 Å². The van der Waals surface area contributed by atoms with Crippen molar-refractivity contribution in [2.45, 2.75) is 0 Å². The van der Waals surface area contributed by atoms with Crippen molar-refractivity contribution in [1.82, 2.24) is 0 Å². The fourth-order valence-electron chi connectivity index (χ4n) is 2.10. The largest absolute Gasteiger partial charge is 0.508 e. The number of primary amides is 1. The van der Waals surface area contributed by atoms with E-state index in [2.05, 4.69) is 0 Å². The summed E-state index contributed by atoms with van der Waals surface area (Å²) in [6.07, 6.45) is 0. The maximum absolute atomic E-state index is 11.0. The van der Waals surface area contributed by atoms with E-state index in [1.54, 1.807) is 36.4 Å². The second-order valence-corrected chi connectivity index (χ2v) is 4.68. The molecule has 0 saturated heterocycles. The SMILES string of the molecule is NC(=O)c1ccc(Oc2ccc3cc(O)ccc3c2)cc1. The highest BCUT2D eigenvalue weighted by Crippen LogP contribution is 2.27. The first-order chi connectivity index (χ1) is 10.1. The number of ether oxygens (including phenoxy) is 1. The van der Waals surface area contributed by atoms with Gasteiger partial charge in [-0.2, -0.15) is 0 Å². The van der Waals surface area contributed by atoms with Gasteiger partial charge in [-0.3, -0.25) is 4.79 Å². The first-order valence-electron chi connectivity index (χ1n) is 6.42. The third kappa shape index (κ3) is 2.79. The molecule has 0 aliphatic rings. The highest BCUT2D eigenvalue weighted by Gasteiger charge is 2.03. The molecule has 0 radical (unpaired) electrons. The van der Waals surface area contributed by atoms with Gasteiger partial charge in [0.1, 0.15) is 17.2 Å². The molecule has 0 spiro atoms. The van der Waals surface area contributed by atoms with Crippen LogP contribution in [0.25, 0.3) is 10.8 Å². The average molecular weight is 279 g/mol. The smallest absolute Gasteiger partial charge is 0.248 e. The van der Waals surface area contributed by atoms with E-state index >= 15 is 0 Å². The van der Waals surface area contributed by atoms with Gasteiger partial charge in [-0.15, -0.1) is 0 Å². The van der Waals surface area contributed by atoms with Gasteiger partial charge in [-0.25, -0.2) is 0 Å². The number of amides is 1. The van der Waals surface area contributed by atoms with E-state index in [4.69, 9.17) is 10.5 Å². The minimum Gasteiger partial charge on any atom is -0.508 e. The van der Waals surface area contributed by atoms with Crippen molar-refractivity contribution in [3.8, 4) is 17.2 Å². The maximum atomic E-state index is 11.0. The lowest BCUT2D eigenvalue weighted by Gasteiger charge is -2.07. The fourth-order valence-corrected chi connectivity index (χ4v) is 2.10. The Bertz CT molecular complexity index is 810. The van der Waals surface area contributed by atoms with E-state index in [0.29, 0.717) is 17.1 Å². The Labute approximate surface area is 121 Å². The summed E-state index contributed by atoms with van der Waals surface area (Å²) in [5.74, 6) is 1.07. The minimum atomic E-state index is -0.466. The first-order valence-corrected chi connectivity index (χ1v) is 6.42. The van der Waals surface area contributed by atoms with Crippen molar-refractivity contribution in [2.24, 2.45) is 5.73 Å². The summed E-state index contributed by atoms with van der Waals surface area (Å²) < 4.78 is 5.74. The molecule has 0 unspecified atom stereocenters. The zero-order valence-electron chi connectivity index (χ0n) is 11.1. The molecular formula is C17H13NO3. The van der Waals surface area contributed by atoms with Gasteiger partial charge >= 0.3 is 0 Å². The van der Waals surface area contributed by atoms with Crippen LogP contribution in [0.4, 0.5) is 0 Å². The monoisotopic (exact) mass is 279 g/mol. The van der Waals surface area contributed by atoms with Crippen LogP contribution in [0.15, 0.2) is 60.7 Å². The van der Waals surface area contributed by atoms with Crippen molar-refractivity contribution in [3.63, 3.8) is 0 Å². The summed E-state index contributed by atoms with van der Waals surface area (Å²) in [5, 5.41) is 11.3. The number of benzene rings is 3. The Morgan fingerprint density at radius 1 is 0.857 bits per heavy atom. The van der Waals surface area contributed by atoms with Gasteiger partial charge in [0.2, 0.25) is 5.91 Å². The summed E-state index contributed by atoms with van der Waals surface area (Å²) >= 11 is 0. The third-order valence-electron chi connectivity index (χ3n) is 3.17. The summed E-state index contributed by atoms with van der Waals surface area (Å²) in [6.45, 7) is 0. The molecule has 4 heteroatoms. The van der Waals surface area contributed by atoms with E-state index in [1.807, 2.05) is 24.3 Å². The number of nitrogens with two attached hydrogens (primary N) is 1. The van der Waals surface area contributed by atoms with E-state index in [0.717, 1.165) is 10.8 Å². The van der Waals surface area contributed by atoms with E-state index in [-0.39, 0.29) is 5.75 Å². The van der Waals surface area contributed by atoms with Gasteiger partial charge < -0.3 is 15.6 Å². The van der Waals surface area contributed by atoms with Crippen LogP contribution in [0.1, 0.15) is 10.4 Å². The highest BCUT2D eigenvalue weighted by molar-refractivity contribution is 5.92.